The van der Waals surface area contributed by atoms with Gasteiger partial charge in [-0.3, -0.25) is 4.79 Å². The Morgan fingerprint density at radius 3 is 2.71 bits per heavy atom. The zero-order valence-corrected chi connectivity index (χ0v) is 10.0. The van der Waals surface area contributed by atoms with Gasteiger partial charge in [0.05, 0.1) is 5.25 Å². The molecule has 0 aliphatic carbocycles. The number of imide groups is 1. The van der Waals surface area contributed by atoms with Crippen molar-refractivity contribution < 1.29 is 14.7 Å². The van der Waals surface area contributed by atoms with Crippen LogP contribution in [0.15, 0.2) is 35.2 Å². The molecular weight excluding hydrogens is 238 g/mol. The van der Waals surface area contributed by atoms with Gasteiger partial charge in [-0.25, -0.2) is 9.69 Å². The van der Waals surface area contributed by atoms with Crippen LogP contribution in [0.4, 0.5) is 4.79 Å². The van der Waals surface area contributed by atoms with E-state index in [1.54, 1.807) is 0 Å². The monoisotopic (exact) mass is 251 g/mol. The van der Waals surface area contributed by atoms with Gasteiger partial charge >= 0.3 is 6.09 Å². The zero-order chi connectivity index (χ0) is 12.3. The third-order valence-corrected chi connectivity index (χ3v) is 3.91. The van der Waals surface area contributed by atoms with Gasteiger partial charge in [-0.15, -0.1) is 11.8 Å². The lowest BCUT2D eigenvalue weighted by Gasteiger charge is -2.28. The molecule has 90 valence electrons. The molecule has 5 heteroatoms. The van der Waals surface area contributed by atoms with E-state index in [0.29, 0.717) is 6.54 Å². The summed E-state index contributed by atoms with van der Waals surface area (Å²) in [7, 11) is 0. The number of carbonyl (C=O) groups is 2. The molecule has 1 fully saturated rings. The third kappa shape index (κ3) is 2.79. The van der Waals surface area contributed by atoms with Crippen molar-refractivity contribution >= 4 is 23.8 Å². The highest BCUT2D eigenvalue weighted by atomic mass is 32.2. The van der Waals surface area contributed by atoms with E-state index in [1.807, 2.05) is 30.3 Å². The average Bonchev–Trinajstić information content (AvgIpc) is 2.33. The van der Waals surface area contributed by atoms with Crippen molar-refractivity contribution in [2.24, 2.45) is 0 Å². The second-order valence-corrected chi connectivity index (χ2v) is 5.11. The number of rotatable bonds is 2. The SMILES string of the molecule is O=C(O)N1CCCC(Sc2ccccc2)C1=O. The molecule has 1 N–H and O–H groups in total. The molecule has 2 rings (SSSR count). The number of carboxylic acid groups (broad SMARTS) is 1. The molecule has 1 aliphatic rings. The molecule has 1 atom stereocenters. The predicted octanol–water partition coefficient (Wildman–Crippen LogP) is 2.45. The Bertz CT molecular complexity index is 421. The molecule has 0 radical (unpaired) electrons. The first-order valence-electron chi connectivity index (χ1n) is 5.44. The van der Waals surface area contributed by atoms with Gasteiger partial charge in [0.15, 0.2) is 0 Å². The minimum absolute atomic E-state index is 0.276. The Kier molecular flexibility index (Phi) is 3.68. The first-order valence-corrected chi connectivity index (χ1v) is 6.32. The summed E-state index contributed by atoms with van der Waals surface area (Å²) >= 11 is 1.44. The summed E-state index contributed by atoms with van der Waals surface area (Å²) in [6.45, 7) is 0.319. The molecule has 17 heavy (non-hydrogen) atoms. The van der Waals surface area contributed by atoms with Gasteiger partial charge < -0.3 is 5.11 Å². The molecular formula is C12H13NO3S. The molecule has 1 aromatic carbocycles. The van der Waals surface area contributed by atoms with E-state index >= 15 is 0 Å². The van der Waals surface area contributed by atoms with E-state index in [2.05, 4.69) is 0 Å². The van der Waals surface area contributed by atoms with Crippen molar-refractivity contribution in [3.05, 3.63) is 30.3 Å². The van der Waals surface area contributed by atoms with Crippen LogP contribution in [0.3, 0.4) is 0 Å². The molecule has 1 heterocycles. The molecule has 0 spiro atoms. The zero-order valence-electron chi connectivity index (χ0n) is 9.20. The second-order valence-electron chi connectivity index (χ2n) is 3.83. The van der Waals surface area contributed by atoms with E-state index in [-0.39, 0.29) is 11.2 Å². The lowest BCUT2D eigenvalue weighted by molar-refractivity contribution is -0.130. The van der Waals surface area contributed by atoms with Crippen LogP contribution in [0.2, 0.25) is 0 Å². The highest BCUT2D eigenvalue weighted by molar-refractivity contribution is 8.00. The van der Waals surface area contributed by atoms with E-state index in [1.165, 1.54) is 11.8 Å². The predicted molar refractivity (Wildman–Crippen MR) is 65.1 cm³/mol. The van der Waals surface area contributed by atoms with Crippen molar-refractivity contribution in [1.29, 1.82) is 0 Å². The standard InChI is InChI=1S/C12H13NO3S/c14-11-10(7-4-8-13(11)12(15)16)17-9-5-2-1-3-6-9/h1-3,5-6,10H,4,7-8H2,(H,15,16). The van der Waals surface area contributed by atoms with Crippen LogP contribution in [0.25, 0.3) is 0 Å². The Morgan fingerprint density at radius 2 is 2.06 bits per heavy atom. The van der Waals surface area contributed by atoms with Gasteiger partial charge in [-0.1, -0.05) is 18.2 Å². The maximum atomic E-state index is 11.9. The number of carbonyl (C=O) groups excluding carboxylic acids is 1. The summed E-state index contributed by atoms with van der Waals surface area (Å²) in [6.07, 6.45) is 0.332. The minimum Gasteiger partial charge on any atom is -0.465 e. The van der Waals surface area contributed by atoms with Gasteiger partial charge in [0.1, 0.15) is 0 Å². The fraction of sp³-hybridized carbons (Fsp3) is 0.333. The lowest BCUT2D eigenvalue weighted by Crippen LogP contribution is -2.45. The topological polar surface area (TPSA) is 57.6 Å². The molecule has 0 bridgehead atoms. The summed E-state index contributed by atoms with van der Waals surface area (Å²) in [5.41, 5.74) is 0. The summed E-state index contributed by atoms with van der Waals surface area (Å²) < 4.78 is 0. The summed E-state index contributed by atoms with van der Waals surface area (Å²) in [5, 5.41) is 8.61. The van der Waals surface area contributed by atoms with E-state index in [0.717, 1.165) is 22.6 Å². The fourth-order valence-corrected chi connectivity index (χ4v) is 2.96. The smallest absolute Gasteiger partial charge is 0.414 e. The largest absolute Gasteiger partial charge is 0.465 e. The van der Waals surface area contributed by atoms with Crippen LogP contribution >= 0.6 is 11.8 Å². The summed E-state index contributed by atoms with van der Waals surface area (Å²) in [5.74, 6) is -0.294. The maximum Gasteiger partial charge on any atom is 0.414 e. The number of hydrogen-bond acceptors (Lipinski definition) is 3. The number of piperidine rings is 1. The summed E-state index contributed by atoms with van der Waals surface area (Å²) in [4.78, 5) is 24.7. The minimum atomic E-state index is -1.15. The van der Waals surface area contributed by atoms with Gasteiger partial charge in [0.25, 0.3) is 0 Å². The van der Waals surface area contributed by atoms with Crippen LogP contribution in [-0.4, -0.2) is 33.8 Å². The van der Waals surface area contributed by atoms with Crippen molar-refractivity contribution in [3.63, 3.8) is 0 Å². The molecule has 1 aliphatic heterocycles. The normalized spacial score (nSPS) is 20.4. The first kappa shape index (κ1) is 12.0. The Balaban J connectivity index is 2.06. The molecule has 2 amide bonds. The highest BCUT2D eigenvalue weighted by Gasteiger charge is 2.32. The molecule has 1 saturated heterocycles. The Hall–Kier alpha value is -1.49. The molecule has 1 aromatic rings. The van der Waals surface area contributed by atoms with Gasteiger partial charge in [-0.2, -0.15) is 0 Å². The quantitative estimate of drug-likeness (QED) is 0.877. The van der Waals surface area contributed by atoms with Crippen molar-refractivity contribution in [1.82, 2.24) is 4.90 Å². The second kappa shape index (κ2) is 5.23. The Labute approximate surface area is 104 Å². The number of likely N-dealkylation sites (tertiary alicyclic amines) is 1. The lowest BCUT2D eigenvalue weighted by atomic mass is 10.1. The van der Waals surface area contributed by atoms with Crippen LogP contribution in [-0.2, 0) is 4.79 Å². The number of benzene rings is 1. The number of thioether (sulfide) groups is 1. The molecule has 4 nitrogen and oxygen atoms in total. The number of amides is 2. The molecule has 0 saturated carbocycles. The van der Waals surface area contributed by atoms with Crippen LogP contribution in [0.5, 0.6) is 0 Å². The van der Waals surface area contributed by atoms with E-state index < -0.39 is 6.09 Å². The van der Waals surface area contributed by atoms with Crippen molar-refractivity contribution in [2.45, 2.75) is 23.0 Å². The molecule has 0 aromatic heterocycles. The van der Waals surface area contributed by atoms with Crippen LogP contribution < -0.4 is 0 Å². The average molecular weight is 251 g/mol. The third-order valence-electron chi connectivity index (χ3n) is 2.64. The van der Waals surface area contributed by atoms with E-state index in [4.69, 9.17) is 5.11 Å². The van der Waals surface area contributed by atoms with Gasteiger partial charge in [0.2, 0.25) is 5.91 Å². The molecule has 1 unspecified atom stereocenters. The van der Waals surface area contributed by atoms with Gasteiger partial charge in [-0.05, 0) is 25.0 Å². The number of hydrogen-bond donors (Lipinski definition) is 1. The van der Waals surface area contributed by atoms with E-state index in [9.17, 15) is 9.59 Å². The first-order chi connectivity index (χ1) is 8.18. The highest BCUT2D eigenvalue weighted by Crippen LogP contribution is 2.30. The Morgan fingerprint density at radius 1 is 1.35 bits per heavy atom. The van der Waals surface area contributed by atoms with Gasteiger partial charge in [0, 0.05) is 11.4 Å². The van der Waals surface area contributed by atoms with Crippen LogP contribution in [0, 0.1) is 0 Å². The van der Waals surface area contributed by atoms with Crippen LogP contribution in [0.1, 0.15) is 12.8 Å². The number of nitrogens with zero attached hydrogens (tertiary/aromatic N) is 1. The van der Waals surface area contributed by atoms with Crippen molar-refractivity contribution in [3.8, 4) is 0 Å². The van der Waals surface area contributed by atoms with Crippen molar-refractivity contribution in [2.75, 3.05) is 6.54 Å². The maximum absolute atomic E-state index is 11.9. The summed E-state index contributed by atoms with van der Waals surface area (Å²) in [6, 6.07) is 9.58. The fourth-order valence-electron chi connectivity index (χ4n) is 1.80.